The number of nitrogens with zero attached hydrogens (tertiary/aromatic N) is 4. The summed E-state index contributed by atoms with van der Waals surface area (Å²) in [5.41, 5.74) is 2.35. The number of halogens is 3. The molecule has 1 aliphatic heterocycles. The summed E-state index contributed by atoms with van der Waals surface area (Å²) in [7, 11) is 0. The summed E-state index contributed by atoms with van der Waals surface area (Å²) < 4.78 is 40.4. The second-order valence-corrected chi connectivity index (χ2v) is 8.07. The Hall–Kier alpha value is -3.10. The van der Waals surface area contributed by atoms with E-state index in [4.69, 9.17) is 5.10 Å². The Morgan fingerprint density at radius 2 is 1.94 bits per heavy atom. The molecule has 1 N–H and O–H groups in total. The number of aryl methyl sites for hydroxylation is 1. The molecule has 3 heterocycles. The minimum atomic E-state index is -4.36. The first kappa shape index (κ1) is 21.1. The van der Waals surface area contributed by atoms with Crippen LogP contribution in [0.4, 0.5) is 19.0 Å². The van der Waals surface area contributed by atoms with E-state index in [1.54, 1.807) is 4.52 Å². The lowest BCUT2D eigenvalue weighted by atomic mass is 9.97. The fourth-order valence-electron chi connectivity index (χ4n) is 4.04. The van der Waals surface area contributed by atoms with Gasteiger partial charge in [-0.05, 0) is 31.0 Å². The van der Waals surface area contributed by atoms with E-state index in [0.29, 0.717) is 12.2 Å². The molecule has 1 aliphatic rings. The lowest BCUT2D eigenvalue weighted by molar-refractivity contribution is -0.137. The molecule has 2 atom stereocenters. The number of amides is 1. The van der Waals surface area contributed by atoms with Crippen LogP contribution in [-0.4, -0.2) is 39.6 Å². The van der Waals surface area contributed by atoms with Crippen molar-refractivity contribution in [3.63, 3.8) is 0 Å². The highest BCUT2D eigenvalue weighted by atomic mass is 19.4. The van der Waals surface area contributed by atoms with Crippen molar-refractivity contribution in [2.75, 3.05) is 18.0 Å². The zero-order valence-corrected chi connectivity index (χ0v) is 17.6. The molecule has 1 unspecified atom stereocenters. The monoisotopic (exact) mass is 431 g/mol. The van der Waals surface area contributed by atoms with Crippen LogP contribution in [0, 0.1) is 6.92 Å². The van der Waals surface area contributed by atoms with Crippen molar-refractivity contribution in [3.8, 4) is 0 Å². The fourth-order valence-corrected chi connectivity index (χ4v) is 4.04. The van der Waals surface area contributed by atoms with E-state index in [2.05, 4.69) is 15.2 Å². The summed E-state index contributed by atoms with van der Waals surface area (Å²) >= 11 is 0. The number of hydrogen-bond donors (Lipinski definition) is 1. The van der Waals surface area contributed by atoms with Crippen LogP contribution in [0.5, 0.6) is 0 Å². The van der Waals surface area contributed by atoms with Gasteiger partial charge in [0.1, 0.15) is 5.82 Å². The SMILES string of the molecule is CC(=O)N[C@@H]1CCN(c2cc(C)nc3cc(C(C)c4ccc(C(F)(F)F)cc4)nn23)C1. The van der Waals surface area contributed by atoms with E-state index >= 15 is 0 Å². The van der Waals surface area contributed by atoms with Gasteiger partial charge in [-0.2, -0.15) is 22.8 Å². The molecule has 0 saturated carbocycles. The molecule has 0 bridgehead atoms. The van der Waals surface area contributed by atoms with Crippen LogP contribution in [0.3, 0.4) is 0 Å². The quantitative estimate of drug-likeness (QED) is 0.680. The summed E-state index contributed by atoms with van der Waals surface area (Å²) in [6.07, 6.45) is -3.51. The van der Waals surface area contributed by atoms with Gasteiger partial charge >= 0.3 is 6.18 Å². The second kappa shape index (κ2) is 7.86. The summed E-state index contributed by atoms with van der Waals surface area (Å²) in [4.78, 5) is 18.1. The van der Waals surface area contributed by atoms with E-state index in [9.17, 15) is 18.0 Å². The molecule has 164 valence electrons. The standard InChI is InChI=1S/C22H24F3N5O/c1-13-10-21(29-9-8-18(12-29)27-15(3)31)30-20(26-13)11-19(28-30)14(2)16-4-6-17(7-5-16)22(23,24)25/h4-7,10-11,14,18H,8-9,12H2,1-3H3,(H,27,31)/t14?,18-/m1/s1. The summed E-state index contributed by atoms with van der Waals surface area (Å²) in [6, 6.07) is 9.11. The molecule has 2 aromatic heterocycles. The zero-order chi connectivity index (χ0) is 22.3. The molecular weight excluding hydrogens is 407 g/mol. The van der Waals surface area contributed by atoms with Crippen LogP contribution in [0.15, 0.2) is 36.4 Å². The average molecular weight is 431 g/mol. The predicted octanol–water partition coefficient (Wildman–Crippen LogP) is 3.92. The summed E-state index contributed by atoms with van der Waals surface area (Å²) in [6.45, 7) is 6.81. The third-order valence-electron chi connectivity index (χ3n) is 5.66. The Bertz CT molecular complexity index is 1110. The maximum Gasteiger partial charge on any atom is 0.416 e. The van der Waals surface area contributed by atoms with Gasteiger partial charge in [-0.1, -0.05) is 19.1 Å². The van der Waals surface area contributed by atoms with E-state index in [1.807, 2.05) is 26.0 Å². The molecule has 31 heavy (non-hydrogen) atoms. The molecule has 1 aromatic carbocycles. The van der Waals surface area contributed by atoms with Crippen LogP contribution >= 0.6 is 0 Å². The molecular formula is C22H24F3N5O. The van der Waals surface area contributed by atoms with Crippen LogP contribution < -0.4 is 10.2 Å². The Kier molecular flexibility index (Phi) is 5.36. The Balaban J connectivity index is 1.64. The van der Waals surface area contributed by atoms with Gasteiger partial charge in [-0.3, -0.25) is 4.79 Å². The first-order chi connectivity index (χ1) is 14.6. The van der Waals surface area contributed by atoms with Crippen molar-refractivity contribution >= 4 is 17.4 Å². The molecule has 9 heteroatoms. The summed E-state index contributed by atoms with van der Waals surface area (Å²) in [5.74, 6) is 0.652. The molecule has 0 spiro atoms. The first-order valence-electron chi connectivity index (χ1n) is 10.2. The molecule has 4 rings (SSSR count). The van der Waals surface area contributed by atoms with E-state index in [-0.39, 0.29) is 17.9 Å². The highest BCUT2D eigenvalue weighted by Crippen LogP contribution is 2.32. The Morgan fingerprint density at radius 1 is 1.23 bits per heavy atom. The largest absolute Gasteiger partial charge is 0.416 e. The maximum absolute atomic E-state index is 12.9. The highest BCUT2D eigenvalue weighted by molar-refractivity contribution is 5.73. The zero-order valence-electron chi connectivity index (χ0n) is 17.6. The number of rotatable bonds is 4. The molecule has 3 aromatic rings. The lowest BCUT2D eigenvalue weighted by Gasteiger charge is -2.20. The number of hydrogen-bond acceptors (Lipinski definition) is 4. The molecule has 1 fully saturated rings. The number of carbonyl (C=O) groups is 1. The molecule has 0 aliphatic carbocycles. The number of aromatic nitrogens is 3. The van der Waals surface area contributed by atoms with Gasteiger partial charge in [-0.25, -0.2) is 4.98 Å². The first-order valence-corrected chi connectivity index (χ1v) is 10.2. The molecule has 6 nitrogen and oxygen atoms in total. The van der Waals surface area contributed by atoms with Gasteiger partial charge in [0.2, 0.25) is 5.91 Å². The number of alkyl halides is 3. The Labute approximate surface area is 178 Å². The number of nitrogens with one attached hydrogen (secondary N) is 1. The third-order valence-corrected chi connectivity index (χ3v) is 5.66. The molecule has 1 amide bonds. The summed E-state index contributed by atoms with van der Waals surface area (Å²) in [5, 5.41) is 7.69. The number of anilines is 1. The van der Waals surface area contributed by atoms with Crippen molar-refractivity contribution in [2.24, 2.45) is 0 Å². The van der Waals surface area contributed by atoms with Crippen LogP contribution in [-0.2, 0) is 11.0 Å². The smallest absolute Gasteiger partial charge is 0.354 e. The van der Waals surface area contributed by atoms with Gasteiger partial charge in [0.25, 0.3) is 0 Å². The number of benzene rings is 1. The predicted molar refractivity (Wildman–Crippen MR) is 111 cm³/mol. The van der Waals surface area contributed by atoms with Gasteiger partial charge < -0.3 is 10.2 Å². The normalized spacial score (nSPS) is 17.9. The molecule has 0 radical (unpaired) electrons. The maximum atomic E-state index is 12.9. The minimum absolute atomic E-state index is 0.0466. The highest BCUT2D eigenvalue weighted by Gasteiger charge is 2.30. The fraction of sp³-hybridized carbons (Fsp3) is 0.409. The number of carbonyl (C=O) groups excluding carboxylic acids is 1. The van der Waals surface area contributed by atoms with E-state index in [0.717, 1.165) is 47.9 Å². The Morgan fingerprint density at radius 3 is 2.58 bits per heavy atom. The second-order valence-electron chi connectivity index (χ2n) is 8.07. The van der Waals surface area contributed by atoms with Crippen molar-refractivity contribution in [1.29, 1.82) is 0 Å². The van der Waals surface area contributed by atoms with Crippen LogP contribution in [0.1, 0.15) is 48.7 Å². The van der Waals surface area contributed by atoms with Crippen molar-refractivity contribution < 1.29 is 18.0 Å². The van der Waals surface area contributed by atoms with Crippen molar-refractivity contribution in [1.82, 2.24) is 19.9 Å². The topological polar surface area (TPSA) is 62.5 Å². The van der Waals surface area contributed by atoms with Crippen molar-refractivity contribution in [3.05, 3.63) is 58.9 Å². The average Bonchev–Trinajstić information content (AvgIpc) is 3.32. The van der Waals surface area contributed by atoms with Gasteiger partial charge in [-0.15, -0.1) is 0 Å². The minimum Gasteiger partial charge on any atom is -0.354 e. The van der Waals surface area contributed by atoms with E-state index in [1.165, 1.54) is 19.1 Å². The van der Waals surface area contributed by atoms with Crippen LogP contribution in [0.25, 0.3) is 5.65 Å². The molecule has 1 saturated heterocycles. The lowest BCUT2D eigenvalue weighted by Crippen LogP contribution is -2.36. The van der Waals surface area contributed by atoms with Gasteiger partial charge in [0, 0.05) is 49.8 Å². The van der Waals surface area contributed by atoms with Gasteiger partial charge in [0.15, 0.2) is 5.65 Å². The third kappa shape index (κ3) is 4.35. The van der Waals surface area contributed by atoms with Crippen molar-refractivity contribution in [2.45, 2.75) is 45.3 Å². The van der Waals surface area contributed by atoms with Crippen LogP contribution in [0.2, 0.25) is 0 Å². The van der Waals surface area contributed by atoms with E-state index < -0.39 is 11.7 Å². The van der Waals surface area contributed by atoms with Gasteiger partial charge in [0.05, 0.1) is 11.3 Å². The number of fused-ring (bicyclic) bond motifs is 1.